The predicted molar refractivity (Wildman–Crippen MR) is 132 cm³/mol. The highest BCUT2D eigenvalue weighted by Crippen LogP contribution is 2.63. The SMILES string of the molecule is CCCCN1CCN(CCCC)P1C1C(=Nc2c(C)cc(C)cc2C)C2CCC1C2. The summed E-state index contributed by atoms with van der Waals surface area (Å²) >= 11 is 0. The minimum atomic E-state index is -0.236. The molecule has 0 spiro atoms. The van der Waals surface area contributed by atoms with E-state index < -0.39 is 0 Å². The van der Waals surface area contributed by atoms with E-state index in [1.165, 1.54) is 93.5 Å². The van der Waals surface area contributed by atoms with Crippen molar-refractivity contribution < 1.29 is 0 Å². The molecule has 3 atom stereocenters. The lowest BCUT2D eigenvalue weighted by Crippen LogP contribution is -2.34. The fourth-order valence-electron chi connectivity index (χ4n) is 6.07. The van der Waals surface area contributed by atoms with Crippen LogP contribution < -0.4 is 0 Å². The van der Waals surface area contributed by atoms with Gasteiger partial charge in [-0.25, -0.2) is 0 Å². The molecular weight excluding hydrogens is 385 g/mol. The molecular formula is C26H42N3P. The molecule has 166 valence electrons. The number of hydrogen-bond acceptors (Lipinski definition) is 3. The maximum absolute atomic E-state index is 5.52. The molecule has 0 radical (unpaired) electrons. The summed E-state index contributed by atoms with van der Waals surface area (Å²) in [5.74, 6) is 1.61. The van der Waals surface area contributed by atoms with Crippen molar-refractivity contribution in [1.82, 2.24) is 9.34 Å². The minimum absolute atomic E-state index is 0.236. The Balaban J connectivity index is 1.69. The van der Waals surface area contributed by atoms with Crippen LogP contribution in [0.3, 0.4) is 0 Å². The van der Waals surface area contributed by atoms with E-state index in [1.807, 2.05) is 0 Å². The Bertz CT molecular complexity index is 735. The summed E-state index contributed by atoms with van der Waals surface area (Å²) in [4.78, 5) is 5.52. The molecule has 3 unspecified atom stereocenters. The third-order valence-electron chi connectivity index (χ3n) is 7.50. The number of fused-ring (bicyclic) bond motifs is 2. The summed E-state index contributed by atoms with van der Waals surface area (Å²) in [5, 5.41) is 0. The molecule has 1 heterocycles. The molecule has 4 rings (SSSR count). The smallest absolute Gasteiger partial charge is 0.0687 e. The lowest BCUT2D eigenvalue weighted by Gasteiger charge is -2.39. The number of aryl methyl sites for hydroxylation is 3. The molecule has 0 N–H and O–H groups in total. The van der Waals surface area contributed by atoms with E-state index in [9.17, 15) is 0 Å². The van der Waals surface area contributed by atoms with Crippen molar-refractivity contribution >= 4 is 19.6 Å². The molecule has 3 fully saturated rings. The van der Waals surface area contributed by atoms with Gasteiger partial charge in [0.2, 0.25) is 0 Å². The Morgan fingerprint density at radius 1 is 0.933 bits per heavy atom. The molecule has 4 heteroatoms. The average Bonchev–Trinajstić information content (AvgIpc) is 3.41. The molecule has 3 aliphatic rings. The summed E-state index contributed by atoms with van der Waals surface area (Å²) in [6.07, 6.45) is 9.48. The van der Waals surface area contributed by atoms with Crippen LogP contribution in [0.25, 0.3) is 0 Å². The largest absolute Gasteiger partial charge is 0.268 e. The second-order valence-electron chi connectivity index (χ2n) is 9.93. The van der Waals surface area contributed by atoms with Crippen molar-refractivity contribution in [1.29, 1.82) is 0 Å². The summed E-state index contributed by atoms with van der Waals surface area (Å²) in [6.45, 7) is 16.5. The van der Waals surface area contributed by atoms with Crippen LogP contribution in [0, 0.1) is 32.6 Å². The quantitative estimate of drug-likeness (QED) is 0.415. The van der Waals surface area contributed by atoms with E-state index in [4.69, 9.17) is 4.99 Å². The summed E-state index contributed by atoms with van der Waals surface area (Å²) in [7, 11) is -0.236. The zero-order valence-corrected chi connectivity index (χ0v) is 20.8. The number of rotatable bonds is 8. The standard InChI is InChI=1S/C26H42N3P/c1-6-8-12-28-14-15-29(13-9-7-2)30(28)26-23-11-10-22(18-23)25(26)27-24-20(4)16-19(3)17-21(24)5/h16-17,22-23,26H,6-15,18H2,1-5H3. The number of nitrogens with zero attached hydrogens (tertiary/aromatic N) is 3. The number of unbranched alkanes of at least 4 members (excludes halogenated alkanes) is 2. The van der Waals surface area contributed by atoms with Crippen LogP contribution in [0.15, 0.2) is 17.1 Å². The molecule has 30 heavy (non-hydrogen) atoms. The van der Waals surface area contributed by atoms with Gasteiger partial charge in [0.05, 0.1) is 5.69 Å². The first-order valence-corrected chi connectivity index (χ1v) is 13.8. The minimum Gasteiger partial charge on any atom is -0.268 e. The van der Waals surface area contributed by atoms with Gasteiger partial charge in [-0.05, 0) is 75.8 Å². The first kappa shape index (κ1) is 22.4. The van der Waals surface area contributed by atoms with Crippen molar-refractivity contribution in [2.75, 3.05) is 26.2 Å². The maximum atomic E-state index is 5.52. The first-order valence-electron chi connectivity index (χ1n) is 12.5. The van der Waals surface area contributed by atoms with Crippen LogP contribution in [0.4, 0.5) is 5.69 Å². The van der Waals surface area contributed by atoms with Gasteiger partial charge < -0.3 is 0 Å². The lowest BCUT2D eigenvalue weighted by molar-refractivity contribution is 0.449. The molecule has 3 nitrogen and oxygen atoms in total. The van der Waals surface area contributed by atoms with Gasteiger partial charge in [0, 0.05) is 45.8 Å². The lowest BCUT2D eigenvalue weighted by atomic mass is 9.97. The molecule has 1 aliphatic heterocycles. The van der Waals surface area contributed by atoms with Crippen LogP contribution in [0.5, 0.6) is 0 Å². The normalized spacial score (nSPS) is 29.0. The highest BCUT2D eigenvalue weighted by Gasteiger charge is 2.52. The van der Waals surface area contributed by atoms with E-state index in [2.05, 4.69) is 56.1 Å². The third kappa shape index (κ3) is 4.41. The van der Waals surface area contributed by atoms with Gasteiger partial charge in [0.1, 0.15) is 0 Å². The van der Waals surface area contributed by atoms with Crippen LogP contribution in [-0.2, 0) is 0 Å². The Labute approximate surface area is 186 Å². The fourth-order valence-corrected chi connectivity index (χ4v) is 9.57. The zero-order valence-electron chi connectivity index (χ0n) is 20.0. The van der Waals surface area contributed by atoms with Gasteiger partial charge in [0.25, 0.3) is 0 Å². The van der Waals surface area contributed by atoms with Crippen molar-refractivity contribution in [2.45, 2.75) is 85.2 Å². The second kappa shape index (κ2) is 9.80. The topological polar surface area (TPSA) is 18.8 Å². The highest BCUT2D eigenvalue weighted by molar-refractivity contribution is 7.55. The third-order valence-corrected chi connectivity index (χ3v) is 10.6. The highest BCUT2D eigenvalue weighted by atomic mass is 31.1. The average molecular weight is 428 g/mol. The Morgan fingerprint density at radius 3 is 2.10 bits per heavy atom. The van der Waals surface area contributed by atoms with Gasteiger partial charge in [-0.15, -0.1) is 0 Å². The van der Waals surface area contributed by atoms with Gasteiger partial charge in [-0.1, -0.05) is 44.4 Å². The van der Waals surface area contributed by atoms with Crippen LogP contribution in [0.1, 0.15) is 75.5 Å². The van der Waals surface area contributed by atoms with Gasteiger partial charge in [-0.3, -0.25) is 14.3 Å². The monoisotopic (exact) mass is 427 g/mol. The van der Waals surface area contributed by atoms with Gasteiger partial charge >= 0.3 is 0 Å². The van der Waals surface area contributed by atoms with Crippen LogP contribution in [0.2, 0.25) is 0 Å². The Kier molecular flexibility index (Phi) is 7.33. The first-order chi connectivity index (χ1) is 14.5. The molecule has 1 aromatic rings. The van der Waals surface area contributed by atoms with E-state index in [1.54, 1.807) is 5.71 Å². The molecule has 0 amide bonds. The molecule has 0 aromatic heterocycles. The van der Waals surface area contributed by atoms with Crippen molar-refractivity contribution in [3.05, 3.63) is 28.8 Å². The van der Waals surface area contributed by atoms with Crippen molar-refractivity contribution in [3.63, 3.8) is 0 Å². The summed E-state index contributed by atoms with van der Waals surface area (Å²) in [6, 6.07) is 4.63. The van der Waals surface area contributed by atoms with Crippen LogP contribution >= 0.6 is 8.22 Å². The molecule has 1 saturated heterocycles. The fraction of sp³-hybridized carbons (Fsp3) is 0.731. The molecule has 2 aliphatic carbocycles. The summed E-state index contributed by atoms with van der Waals surface area (Å²) < 4.78 is 5.79. The van der Waals surface area contributed by atoms with E-state index in [0.717, 1.165) is 11.8 Å². The van der Waals surface area contributed by atoms with Crippen molar-refractivity contribution in [3.8, 4) is 0 Å². The molecule has 1 aromatic carbocycles. The Morgan fingerprint density at radius 2 is 1.53 bits per heavy atom. The van der Waals surface area contributed by atoms with E-state index >= 15 is 0 Å². The number of benzene rings is 1. The van der Waals surface area contributed by atoms with Gasteiger partial charge in [0.15, 0.2) is 0 Å². The van der Waals surface area contributed by atoms with E-state index in [-0.39, 0.29) is 8.22 Å². The van der Waals surface area contributed by atoms with Crippen molar-refractivity contribution in [2.24, 2.45) is 16.8 Å². The maximum Gasteiger partial charge on any atom is 0.0687 e. The zero-order chi connectivity index (χ0) is 21.3. The number of hydrogen-bond donors (Lipinski definition) is 0. The predicted octanol–water partition coefficient (Wildman–Crippen LogP) is 7.01. The molecule has 2 saturated carbocycles. The van der Waals surface area contributed by atoms with Gasteiger partial charge in [-0.2, -0.15) is 0 Å². The Hall–Kier alpha value is -0.760. The van der Waals surface area contributed by atoms with E-state index in [0.29, 0.717) is 5.66 Å². The second-order valence-corrected chi connectivity index (χ2v) is 12.3. The number of aliphatic imine (C=N–C) groups is 1. The van der Waals surface area contributed by atoms with Crippen LogP contribution in [-0.4, -0.2) is 46.9 Å². The summed E-state index contributed by atoms with van der Waals surface area (Å²) in [5.41, 5.74) is 7.61. The molecule has 2 bridgehead atoms.